The summed E-state index contributed by atoms with van der Waals surface area (Å²) in [5.74, 6) is 0.793. The zero-order valence-electron chi connectivity index (χ0n) is 12.5. The average molecular weight is 272 g/mol. The molecule has 4 aliphatic rings. The van der Waals surface area contributed by atoms with Crippen molar-refractivity contribution in [3.63, 3.8) is 0 Å². The highest BCUT2D eigenvalue weighted by Gasteiger charge is 2.52. The van der Waals surface area contributed by atoms with Gasteiger partial charge < -0.3 is 4.74 Å². The van der Waals surface area contributed by atoms with E-state index in [1.54, 1.807) is 11.1 Å². The van der Waals surface area contributed by atoms with Crippen LogP contribution in [0.4, 0.5) is 0 Å². The molecule has 0 aliphatic heterocycles. The third-order valence-corrected chi connectivity index (χ3v) is 6.35. The van der Waals surface area contributed by atoms with Crippen LogP contribution in [0.5, 0.6) is 0 Å². The van der Waals surface area contributed by atoms with Gasteiger partial charge in [0.2, 0.25) is 0 Å². The van der Waals surface area contributed by atoms with Gasteiger partial charge in [-0.1, -0.05) is 17.6 Å². The van der Waals surface area contributed by atoms with Gasteiger partial charge in [0, 0.05) is 11.0 Å². The molecular formula is C18H24O2. The second-order valence-corrected chi connectivity index (χ2v) is 7.03. The molecule has 0 radical (unpaired) electrons. The molecule has 1 unspecified atom stereocenters. The first-order valence-corrected chi connectivity index (χ1v) is 8.29. The number of hydrogen-bond acceptors (Lipinski definition) is 2. The van der Waals surface area contributed by atoms with E-state index in [4.69, 9.17) is 4.74 Å². The topological polar surface area (TPSA) is 26.3 Å². The van der Waals surface area contributed by atoms with Crippen LogP contribution >= 0.6 is 0 Å². The minimum atomic E-state index is -0.0501. The van der Waals surface area contributed by atoms with E-state index in [9.17, 15) is 4.79 Å². The molecule has 0 aromatic rings. The lowest BCUT2D eigenvalue weighted by molar-refractivity contribution is -0.136. The first-order chi connectivity index (χ1) is 9.76. The van der Waals surface area contributed by atoms with Gasteiger partial charge in [-0.05, 0) is 69.3 Å². The minimum Gasteiger partial charge on any atom is -0.466 e. The first-order valence-electron chi connectivity index (χ1n) is 8.29. The maximum absolute atomic E-state index is 12.3. The molecule has 0 heterocycles. The molecule has 0 amide bonds. The van der Waals surface area contributed by atoms with E-state index in [0.717, 1.165) is 30.8 Å². The zero-order chi connectivity index (χ0) is 13.7. The number of esters is 1. The molecule has 20 heavy (non-hydrogen) atoms. The molecule has 0 aromatic heterocycles. The van der Waals surface area contributed by atoms with Gasteiger partial charge in [0.25, 0.3) is 0 Å². The molecule has 0 aromatic carbocycles. The molecule has 4 aliphatic carbocycles. The second-order valence-electron chi connectivity index (χ2n) is 7.03. The van der Waals surface area contributed by atoms with Crippen LogP contribution in [-0.2, 0) is 9.53 Å². The molecule has 0 bridgehead atoms. The van der Waals surface area contributed by atoms with E-state index in [1.165, 1.54) is 57.6 Å². The minimum absolute atomic E-state index is 0.0501. The van der Waals surface area contributed by atoms with Gasteiger partial charge in [0.05, 0.1) is 7.11 Å². The highest BCUT2D eigenvalue weighted by atomic mass is 16.5. The quantitative estimate of drug-likeness (QED) is 0.525. The van der Waals surface area contributed by atoms with Crippen molar-refractivity contribution < 1.29 is 9.53 Å². The van der Waals surface area contributed by atoms with E-state index in [-0.39, 0.29) is 11.4 Å². The van der Waals surface area contributed by atoms with Gasteiger partial charge >= 0.3 is 5.97 Å². The van der Waals surface area contributed by atoms with Gasteiger partial charge in [-0.25, -0.2) is 4.79 Å². The molecule has 1 spiro atoms. The van der Waals surface area contributed by atoms with Crippen LogP contribution < -0.4 is 0 Å². The van der Waals surface area contributed by atoms with Crippen molar-refractivity contribution in [2.45, 2.75) is 64.2 Å². The summed E-state index contributed by atoms with van der Waals surface area (Å²) in [5, 5.41) is 0. The number of carbonyl (C=O) groups is 1. The third-order valence-electron chi connectivity index (χ3n) is 6.35. The van der Waals surface area contributed by atoms with Crippen LogP contribution in [0, 0.1) is 11.3 Å². The third kappa shape index (κ3) is 1.54. The lowest BCUT2D eigenvalue weighted by Crippen LogP contribution is -2.28. The number of carbonyl (C=O) groups excluding carboxylic acids is 1. The van der Waals surface area contributed by atoms with E-state index >= 15 is 0 Å². The van der Waals surface area contributed by atoms with E-state index in [2.05, 4.69) is 0 Å². The van der Waals surface area contributed by atoms with Crippen molar-refractivity contribution in [2.75, 3.05) is 7.11 Å². The lowest BCUT2D eigenvalue weighted by atomic mass is 9.65. The van der Waals surface area contributed by atoms with Gasteiger partial charge in [0.1, 0.15) is 0 Å². The predicted molar refractivity (Wildman–Crippen MR) is 78.2 cm³/mol. The van der Waals surface area contributed by atoms with Crippen LogP contribution in [0.15, 0.2) is 22.3 Å². The van der Waals surface area contributed by atoms with Gasteiger partial charge in [-0.2, -0.15) is 0 Å². The Hall–Kier alpha value is -1.05. The largest absolute Gasteiger partial charge is 0.466 e. The van der Waals surface area contributed by atoms with Gasteiger partial charge in [-0.15, -0.1) is 0 Å². The fourth-order valence-corrected chi connectivity index (χ4v) is 5.66. The fraction of sp³-hybridized carbons (Fsp3) is 0.722. The molecule has 2 nitrogen and oxygen atoms in total. The number of hydrogen-bond donors (Lipinski definition) is 0. The smallest absolute Gasteiger partial charge is 0.333 e. The molecule has 108 valence electrons. The summed E-state index contributed by atoms with van der Waals surface area (Å²) in [4.78, 5) is 12.3. The Bertz CT molecular complexity index is 522. The summed E-state index contributed by atoms with van der Waals surface area (Å²) in [5.41, 5.74) is 6.33. The van der Waals surface area contributed by atoms with Crippen molar-refractivity contribution >= 4 is 5.97 Å². The molecular weight excluding hydrogens is 248 g/mol. The summed E-state index contributed by atoms with van der Waals surface area (Å²) in [6, 6.07) is 0. The van der Waals surface area contributed by atoms with Crippen LogP contribution in [0.2, 0.25) is 0 Å². The van der Waals surface area contributed by atoms with Gasteiger partial charge in [-0.3, -0.25) is 0 Å². The van der Waals surface area contributed by atoms with Gasteiger partial charge in [0.15, 0.2) is 0 Å². The second kappa shape index (κ2) is 4.47. The number of methoxy groups -OCH3 is 1. The fourth-order valence-electron chi connectivity index (χ4n) is 5.66. The maximum atomic E-state index is 12.3. The molecule has 2 fully saturated rings. The van der Waals surface area contributed by atoms with Crippen molar-refractivity contribution in [1.82, 2.24) is 0 Å². The summed E-state index contributed by atoms with van der Waals surface area (Å²) < 4.78 is 5.10. The summed E-state index contributed by atoms with van der Waals surface area (Å²) in [6.45, 7) is 0. The molecule has 2 saturated carbocycles. The molecule has 2 atom stereocenters. The Morgan fingerprint density at radius 2 is 2.00 bits per heavy atom. The van der Waals surface area contributed by atoms with Crippen LogP contribution in [-0.4, -0.2) is 13.1 Å². The Balaban J connectivity index is 1.89. The summed E-state index contributed by atoms with van der Waals surface area (Å²) in [6.07, 6.45) is 12.4. The Morgan fingerprint density at radius 3 is 2.85 bits per heavy atom. The Kier molecular flexibility index (Phi) is 2.84. The first kappa shape index (κ1) is 12.7. The van der Waals surface area contributed by atoms with E-state index < -0.39 is 0 Å². The Labute approximate surface area is 121 Å². The Morgan fingerprint density at radius 1 is 1.10 bits per heavy atom. The number of allylic oxidation sites excluding steroid dienone is 3. The van der Waals surface area contributed by atoms with Crippen LogP contribution in [0.1, 0.15) is 64.2 Å². The molecule has 2 heteroatoms. The zero-order valence-corrected chi connectivity index (χ0v) is 12.5. The van der Waals surface area contributed by atoms with Crippen molar-refractivity contribution in [3.8, 4) is 0 Å². The van der Waals surface area contributed by atoms with Crippen LogP contribution in [0.3, 0.4) is 0 Å². The lowest BCUT2D eigenvalue weighted by Gasteiger charge is -2.39. The highest BCUT2D eigenvalue weighted by Crippen LogP contribution is 2.64. The summed E-state index contributed by atoms with van der Waals surface area (Å²) >= 11 is 0. The maximum Gasteiger partial charge on any atom is 0.333 e. The van der Waals surface area contributed by atoms with Crippen molar-refractivity contribution in [3.05, 3.63) is 22.3 Å². The highest BCUT2D eigenvalue weighted by molar-refractivity contribution is 5.90. The van der Waals surface area contributed by atoms with Crippen LogP contribution in [0.25, 0.3) is 0 Å². The predicted octanol–water partition coefficient (Wildman–Crippen LogP) is 4.31. The molecule has 0 saturated heterocycles. The standard InChI is InChI=1S/C18H24O2/c1-20-17(19)14-8-7-12-5-6-13-9-11-18(16(12)13)10-3-2-4-15(14)18/h13H,2-11H2,1H3/t13-,18?/m1/s1. The van der Waals surface area contributed by atoms with Crippen molar-refractivity contribution in [1.29, 1.82) is 0 Å². The van der Waals surface area contributed by atoms with E-state index in [0.29, 0.717) is 0 Å². The average Bonchev–Trinajstić information content (AvgIpc) is 2.99. The SMILES string of the molecule is COC(=O)C1=C2CCCCC23CC[C@H]2CCC(=C23)CC1. The number of ether oxygens (including phenoxy) is 1. The van der Waals surface area contributed by atoms with E-state index in [1.807, 2.05) is 0 Å². The molecule has 4 rings (SSSR count). The molecule has 0 N–H and O–H groups in total. The monoisotopic (exact) mass is 272 g/mol. The van der Waals surface area contributed by atoms with Crippen molar-refractivity contribution in [2.24, 2.45) is 11.3 Å². The normalized spacial score (nSPS) is 35.8. The summed E-state index contributed by atoms with van der Waals surface area (Å²) in [7, 11) is 1.54. The number of rotatable bonds is 1.